The first kappa shape index (κ1) is 18.0. The van der Waals surface area contributed by atoms with Crippen LogP contribution in [0.15, 0.2) is 54.6 Å². The number of carboxylic acids is 1. The van der Waals surface area contributed by atoms with E-state index in [1.165, 1.54) is 0 Å². The minimum absolute atomic E-state index is 0.118. The molecule has 1 aliphatic rings. The third kappa shape index (κ3) is 4.04. The Morgan fingerprint density at radius 3 is 2.46 bits per heavy atom. The van der Waals surface area contributed by atoms with Crippen molar-refractivity contribution in [3.05, 3.63) is 65.7 Å². The molecule has 1 saturated heterocycles. The van der Waals surface area contributed by atoms with Crippen LogP contribution in [0.5, 0.6) is 5.75 Å². The summed E-state index contributed by atoms with van der Waals surface area (Å²) in [6, 6.07) is 16.9. The standard InChI is InChI=1S/C21H23NO4/c1-21(20(24)25)12-5-13-22(15-21)19(23)17-10-8-16(9-11-17)14-26-18-6-3-2-4-7-18/h2-4,6-11H,5,12-15H2,1H3,(H,24,25). The molecule has 0 saturated carbocycles. The summed E-state index contributed by atoms with van der Waals surface area (Å²) in [4.78, 5) is 25.8. The molecule has 1 atom stereocenters. The lowest BCUT2D eigenvalue weighted by molar-refractivity contribution is -0.150. The van der Waals surface area contributed by atoms with Crippen LogP contribution in [0.2, 0.25) is 0 Å². The van der Waals surface area contributed by atoms with Crippen molar-refractivity contribution in [1.82, 2.24) is 4.90 Å². The summed E-state index contributed by atoms with van der Waals surface area (Å²) in [5.41, 5.74) is 0.680. The molecule has 0 radical (unpaired) electrons. The number of carbonyl (C=O) groups excluding carboxylic acids is 1. The second-order valence-electron chi connectivity index (χ2n) is 6.99. The van der Waals surface area contributed by atoms with Crippen molar-refractivity contribution >= 4 is 11.9 Å². The average Bonchev–Trinajstić information content (AvgIpc) is 2.67. The number of para-hydroxylation sites is 1. The van der Waals surface area contributed by atoms with Gasteiger partial charge in [-0.2, -0.15) is 0 Å². The van der Waals surface area contributed by atoms with Gasteiger partial charge in [-0.15, -0.1) is 0 Å². The number of carboxylic acid groups (broad SMARTS) is 1. The Labute approximate surface area is 153 Å². The fraction of sp³-hybridized carbons (Fsp3) is 0.333. The molecule has 1 aliphatic heterocycles. The van der Waals surface area contributed by atoms with Gasteiger partial charge in [0.15, 0.2) is 0 Å². The quantitative estimate of drug-likeness (QED) is 0.892. The van der Waals surface area contributed by atoms with Crippen molar-refractivity contribution in [2.24, 2.45) is 5.41 Å². The van der Waals surface area contributed by atoms with Gasteiger partial charge in [-0.3, -0.25) is 9.59 Å². The molecule has 1 fully saturated rings. The van der Waals surface area contributed by atoms with Crippen LogP contribution < -0.4 is 4.74 Å². The summed E-state index contributed by atoms with van der Waals surface area (Å²) in [5, 5.41) is 9.41. The molecule has 2 aromatic carbocycles. The number of hydrogen-bond donors (Lipinski definition) is 1. The van der Waals surface area contributed by atoms with E-state index in [2.05, 4.69) is 0 Å². The monoisotopic (exact) mass is 353 g/mol. The first-order chi connectivity index (χ1) is 12.5. The van der Waals surface area contributed by atoms with Crippen LogP contribution in [0.4, 0.5) is 0 Å². The zero-order valence-corrected chi connectivity index (χ0v) is 14.9. The molecular weight excluding hydrogens is 330 g/mol. The molecule has 0 aromatic heterocycles. The first-order valence-corrected chi connectivity index (χ1v) is 8.77. The molecule has 136 valence electrons. The second-order valence-corrected chi connectivity index (χ2v) is 6.99. The second kappa shape index (κ2) is 7.60. The van der Waals surface area contributed by atoms with E-state index in [-0.39, 0.29) is 12.5 Å². The van der Waals surface area contributed by atoms with Gasteiger partial charge in [0.25, 0.3) is 5.91 Å². The molecule has 1 amide bonds. The maximum atomic E-state index is 12.7. The molecule has 0 bridgehead atoms. The lowest BCUT2D eigenvalue weighted by Crippen LogP contribution is -2.48. The van der Waals surface area contributed by atoms with Crippen molar-refractivity contribution in [3.63, 3.8) is 0 Å². The largest absolute Gasteiger partial charge is 0.489 e. The Morgan fingerprint density at radius 1 is 1.12 bits per heavy atom. The van der Waals surface area contributed by atoms with Crippen molar-refractivity contribution in [2.45, 2.75) is 26.4 Å². The molecule has 3 rings (SSSR count). The van der Waals surface area contributed by atoms with E-state index in [0.717, 1.165) is 11.3 Å². The van der Waals surface area contributed by atoms with Crippen LogP contribution in [-0.4, -0.2) is 35.0 Å². The smallest absolute Gasteiger partial charge is 0.311 e. The van der Waals surface area contributed by atoms with Gasteiger partial charge in [0.2, 0.25) is 0 Å². The Morgan fingerprint density at radius 2 is 1.81 bits per heavy atom. The fourth-order valence-electron chi connectivity index (χ4n) is 3.20. The highest BCUT2D eigenvalue weighted by Gasteiger charge is 2.39. The Bertz CT molecular complexity index is 772. The third-order valence-corrected chi connectivity index (χ3v) is 4.85. The number of piperidine rings is 1. The summed E-state index contributed by atoms with van der Waals surface area (Å²) in [5.74, 6) is -0.162. The van der Waals surface area contributed by atoms with Crippen molar-refractivity contribution in [2.75, 3.05) is 13.1 Å². The number of rotatable bonds is 5. The SMILES string of the molecule is CC1(C(=O)O)CCCN(C(=O)c2ccc(COc3ccccc3)cc2)C1. The van der Waals surface area contributed by atoms with E-state index in [9.17, 15) is 14.7 Å². The minimum atomic E-state index is -0.864. The van der Waals surface area contributed by atoms with Gasteiger partial charge >= 0.3 is 5.97 Å². The van der Waals surface area contributed by atoms with Crippen molar-refractivity contribution < 1.29 is 19.4 Å². The highest BCUT2D eigenvalue weighted by atomic mass is 16.5. The van der Waals surface area contributed by atoms with Crippen LogP contribution in [0, 0.1) is 5.41 Å². The third-order valence-electron chi connectivity index (χ3n) is 4.85. The number of hydrogen-bond acceptors (Lipinski definition) is 3. The van der Waals surface area contributed by atoms with E-state index in [1.807, 2.05) is 42.5 Å². The molecule has 1 N–H and O–H groups in total. The maximum Gasteiger partial charge on any atom is 0.311 e. The van der Waals surface area contributed by atoms with Crippen LogP contribution >= 0.6 is 0 Å². The molecule has 26 heavy (non-hydrogen) atoms. The molecule has 2 aromatic rings. The fourth-order valence-corrected chi connectivity index (χ4v) is 3.20. The Kier molecular flexibility index (Phi) is 5.26. The number of amides is 1. The van der Waals surface area contributed by atoms with Gasteiger partial charge in [0.1, 0.15) is 12.4 Å². The number of ether oxygens (including phenoxy) is 1. The maximum absolute atomic E-state index is 12.7. The molecule has 0 spiro atoms. The number of nitrogens with zero attached hydrogens (tertiary/aromatic N) is 1. The summed E-state index contributed by atoms with van der Waals surface area (Å²) in [6.07, 6.45) is 1.30. The summed E-state index contributed by atoms with van der Waals surface area (Å²) < 4.78 is 5.70. The predicted molar refractivity (Wildman–Crippen MR) is 98.1 cm³/mol. The van der Waals surface area contributed by atoms with Gasteiger partial charge in [-0.05, 0) is 49.6 Å². The summed E-state index contributed by atoms with van der Waals surface area (Å²) in [6.45, 7) is 2.98. The van der Waals surface area contributed by atoms with Crippen LogP contribution in [0.25, 0.3) is 0 Å². The zero-order valence-electron chi connectivity index (χ0n) is 14.9. The molecule has 1 unspecified atom stereocenters. The molecule has 0 aliphatic carbocycles. The van der Waals surface area contributed by atoms with Gasteiger partial charge in [-0.1, -0.05) is 30.3 Å². The van der Waals surface area contributed by atoms with E-state index < -0.39 is 11.4 Å². The number of carbonyl (C=O) groups is 2. The van der Waals surface area contributed by atoms with Gasteiger partial charge in [-0.25, -0.2) is 0 Å². The zero-order chi connectivity index (χ0) is 18.6. The topological polar surface area (TPSA) is 66.8 Å². The predicted octanol–water partition coefficient (Wildman–Crippen LogP) is 3.59. The molecule has 5 heteroatoms. The Hall–Kier alpha value is -2.82. The molecule has 1 heterocycles. The van der Waals surface area contributed by atoms with Crippen LogP contribution in [0.3, 0.4) is 0 Å². The summed E-state index contributed by atoms with van der Waals surface area (Å²) >= 11 is 0. The number of aliphatic carboxylic acids is 1. The lowest BCUT2D eigenvalue weighted by Gasteiger charge is -2.37. The van der Waals surface area contributed by atoms with Crippen molar-refractivity contribution in [1.29, 1.82) is 0 Å². The average molecular weight is 353 g/mol. The normalized spacial score (nSPS) is 19.8. The van der Waals surface area contributed by atoms with E-state index in [4.69, 9.17) is 4.74 Å². The lowest BCUT2D eigenvalue weighted by atomic mass is 9.82. The number of likely N-dealkylation sites (tertiary alicyclic amines) is 1. The van der Waals surface area contributed by atoms with Crippen LogP contribution in [0.1, 0.15) is 35.7 Å². The van der Waals surface area contributed by atoms with Gasteiger partial charge in [0, 0.05) is 18.7 Å². The van der Waals surface area contributed by atoms with Gasteiger partial charge < -0.3 is 14.7 Å². The van der Waals surface area contributed by atoms with E-state index >= 15 is 0 Å². The van der Waals surface area contributed by atoms with Crippen LogP contribution in [-0.2, 0) is 11.4 Å². The molecule has 5 nitrogen and oxygen atoms in total. The van der Waals surface area contributed by atoms with Crippen molar-refractivity contribution in [3.8, 4) is 5.75 Å². The minimum Gasteiger partial charge on any atom is -0.489 e. The highest BCUT2D eigenvalue weighted by molar-refractivity contribution is 5.94. The Balaban J connectivity index is 1.62. The van der Waals surface area contributed by atoms with E-state index in [0.29, 0.717) is 31.6 Å². The first-order valence-electron chi connectivity index (χ1n) is 8.77. The molecular formula is C21H23NO4. The summed E-state index contributed by atoms with van der Waals surface area (Å²) in [7, 11) is 0. The highest BCUT2D eigenvalue weighted by Crippen LogP contribution is 2.30. The van der Waals surface area contributed by atoms with E-state index in [1.54, 1.807) is 24.0 Å². The van der Waals surface area contributed by atoms with Gasteiger partial charge in [0.05, 0.1) is 5.41 Å². The number of benzene rings is 2.